The van der Waals surface area contributed by atoms with Crippen LogP contribution in [-0.4, -0.2) is 7.85 Å². The van der Waals surface area contributed by atoms with E-state index in [-0.39, 0.29) is 0 Å². The van der Waals surface area contributed by atoms with Gasteiger partial charge in [0.25, 0.3) is 0 Å². The molecule has 0 amide bonds. The van der Waals surface area contributed by atoms with Crippen molar-refractivity contribution in [2.24, 2.45) is 0 Å². The minimum Gasteiger partial charge on any atom is -0.111 e. The molecule has 0 aromatic carbocycles. The van der Waals surface area contributed by atoms with Gasteiger partial charge in [-0.25, -0.2) is 0 Å². The Bertz CT molecular complexity index is 80.1. The van der Waals surface area contributed by atoms with Crippen LogP contribution in [0, 0.1) is 0 Å². The van der Waals surface area contributed by atoms with Gasteiger partial charge in [0, 0.05) is 0 Å². The van der Waals surface area contributed by atoms with Crippen LogP contribution in [0.4, 0.5) is 0 Å². The zero-order valence-corrected chi connectivity index (χ0v) is 4.41. The van der Waals surface area contributed by atoms with Crippen LogP contribution in [0.25, 0.3) is 0 Å². The molecule has 0 aromatic rings. The molecule has 6 heavy (non-hydrogen) atoms. The normalized spacial score (nSPS) is 20.8. The molecule has 0 fully saturated rings. The Kier molecular flexibility index (Phi) is 0.757. The molecule has 0 heterocycles. The van der Waals surface area contributed by atoms with E-state index in [1.807, 2.05) is 0 Å². The summed E-state index contributed by atoms with van der Waals surface area (Å²) < 4.78 is 0. The molecular weight excluding hydrogens is 70.9 g/mol. The van der Waals surface area contributed by atoms with Crippen LogP contribution in [0.5, 0.6) is 0 Å². The first kappa shape index (κ1) is 3.98. The maximum Gasteiger partial charge on any atom is 0.133 e. The van der Waals surface area contributed by atoms with E-state index in [2.05, 4.69) is 14.8 Å². The lowest BCUT2D eigenvalue weighted by molar-refractivity contribution is 0.852. The van der Waals surface area contributed by atoms with Gasteiger partial charge in [0.15, 0.2) is 0 Å². The van der Waals surface area contributed by atoms with Crippen LogP contribution in [0.1, 0.15) is 19.8 Å². The first-order valence-electron chi connectivity index (χ1n) is 2.46. The number of allylic oxidation sites excluding steroid dienone is 2. The fourth-order valence-corrected chi connectivity index (χ4v) is 0.625. The summed E-state index contributed by atoms with van der Waals surface area (Å²) >= 11 is 0. The summed E-state index contributed by atoms with van der Waals surface area (Å²) in [5.41, 5.74) is 3.21. The summed E-state index contributed by atoms with van der Waals surface area (Å²) in [4.78, 5) is 0. The lowest BCUT2D eigenvalue weighted by Gasteiger charge is -2.15. The van der Waals surface area contributed by atoms with Gasteiger partial charge >= 0.3 is 0 Å². The summed E-state index contributed by atoms with van der Waals surface area (Å²) in [6.07, 6.45) is 2.71. The van der Waals surface area contributed by atoms with Crippen molar-refractivity contribution in [2.45, 2.75) is 19.8 Å². The number of hydrogen-bond donors (Lipinski definition) is 0. The minimum absolute atomic E-state index is 1.35. The van der Waals surface area contributed by atoms with Gasteiger partial charge in [-0.05, 0) is 19.8 Å². The van der Waals surface area contributed by atoms with Gasteiger partial charge in [0.2, 0.25) is 0 Å². The average molecular weight is 79.9 g/mol. The molecule has 0 saturated heterocycles. The second-order valence-electron chi connectivity index (χ2n) is 2.06. The Labute approximate surface area is 39.7 Å². The summed E-state index contributed by atoms with van der Waals surface area (Å²) in [6.45, 7) is 2.21. The minimum atomic E-state index is 1.35. The van der Waals surface area contributed by atoms with E-state index in [0.29, 0.717) is 0 Å². The van der Waals surface area contributed by atoms with E-state index in [0.717, 1.165) is 0 Å². The lowest BCUT2D eigenvalue weighted by atomic mass is 9.77. The monoisotopic (exact) mass is 80.1 g/mol. The quantitative estimate of drug-likeness (QED) is 0.375. The third-order valence-corrected chi connectivity index (χ3v) is 1.60. The van der Waals surface area contributed by atoms with Gasteiger partial charge in [-0.15, -0.1) is 5.47 Å². The molecule has 0 aliphatic heterocycles. The highest BCUT2D eigenvalue weighted by Gasteiger charge is 2.04. The van der Waals surface area contributed by atoms with Crippen LogP contribution in [0.15, 0.2) is 11.0 Å². The zero-order chi connectivity index (χ0) is 4.57. The van der Waals surface area contributed by atoms with E-state index in [4.69, 9.17) is 0 Å². The molecule has 0 N–H and O–H groups in total. The Morgan fingerprint density at radius 1 is 1.50 bits per heavy atom. The topological polar surface area (TPSA) is 0 Å². The maximum absolute atomic E-state index is 2.21. The largest absolute Gasteiger partial charge is 0.133 e. The summed E-state index contributed by atoms with van der Waals surface area (Å²) in [5.74, 6) is 0. The van der Waals surface area contributed by atoms with Crippen molar-refractivity contribution >= 4 is 7.85 Å². The molecule has 0 unspecified atom stereocenters. The predicted molar refractivity (Wildman–Crippen MR) is 30.5 cm³/mol. The SMILES string of the molecule is BC1=C(C)CC1. The van der Waals surface area contributed by atoms with Gasteiger partial charge in [-0.1, -0.05) is 5.57 Å². The second kappa shape index (κ2) is 1.14. The van der Waals surface area contributed by atoms with Gasteiger partial charge < -0.3 is 0 Å². The van der Waals surface area contributed by atoms with Gasteiger partial charge in [-0.3, -0.25) is 0 Å². The first-order chi connectivity index (χ1) is 2.80. The van der Waals surface area contributed by atoms with Crippen LogP contribution in [-0.2, 0) is 0 Å². The highest BCUT2D eigenvalue weighted by Crippen LogP contribution is 2.23. The zero-order valence-electron chi connectivity index (χ0n) is 4.41. The van der Waals surface area contributed by atoms with Crippen LogP contribution in [0.2, 0.25) is 0 Å². The van der Waals surface area contributed by atoms with Crippen molar-refractivity contribution < 1.29 is 0 Å². The molecule has 1 rings (SSSR count). The van der Waals surface area contributed by atoms with Crippen molar-refractivity contribution in [3.05, 3.63) is 11.0 Å². The van der Waals surface area contributed by atoms with E-state index in [1.54, 1.807) is 11.0 Å². The van der Waals surface area contributed by atoms with Crippen LogP contribution < -0.4 is 0 Å². The first-order valence-corrected chi connectivity index (χ1v) is 2.46. The highest BCUT2D eigenvalue weighted by atomic mass is 14.1. The second-order valence-corrected chi connectivity index (χ2v) is 2.06. The predicted octanol–water partition coefficient (Wildman–Crippen LogP) is 0.687. The molecule has 0 bridgehead atoms. The van der Waals surface area contributed by atoms with Gasteiger partial charge in [0.05, 0.1) is 0 Å². The van der Waals surface area contributed by atoms with E-state index >= 15 is 0 Å². The molecule has 1 aliphatic carbocycles. The third-order valence-electron chi connectivity index (χ3n) is 1.60. The van der Waals surface area contributed by atoms with Gasteiger partial charge in [-0.2, -0.15) is 0 Å². The van der Waals surface area contributed by atoms with Crippen LogP contribution >= 0.6 is 0 Å². The van der Waals surface area contributed by atoms with Crippen molar-refractivity contribution in [3.8, 4) is 0 Å². The lowest BCUT2D eigenvalue weighted by Crippen LogP contribution is -1.98. The molecule has 1 aliphatic rings. The van der Waals surface area contributed by atoms with Crippen molar-refractivity contribution in [2.75, 3.05) is 0 Å². The Morgan fingerprint density at radius 3 is 2.00 bits per heavy atom. The Hall–Kier alpha value is -0.195. The fraction of sp³-hybridized carbons (Fsp3) is 0.600. The van der Waals surface area contributed by atoms with E-state index < -0.39 is 0 Å². The summed E-state index contributed by atoms with van der Waals surface area (Å²) in [6, 6.07) is 0. The molecule has 32 valence electrons. The smallest absolute Gasteiger partial charge is 0.111 e. The molecule has 0 nitrogen and oxygen atoms in total. The number of rotatable bonds is 0. The molecule has 0 radical (unpaired) electrons. The van der Waals surface area contributed by atoms with Gasteiger partial charge in [0.1, 0.15) is 7.85 Å². The average Bonchev–Trinajstić information content (AvgIpc) is 1.61. The highest BCUT2D eigenvalue weighted by molar-refractivity contribution is 6.22. The molecular formula is C5H9B. The van der Waals surface area contributed by atoms with Crippen molar-refractivity contribution in [1.82, 2.24) is 0 Å². The standard InChI is InChI=1S/C5H9B/c1-4-2-3-5(4)6/h2-3,6H2,1H3. The third kappa shape index (κ3) is 0.386. The molecule has 1 heteroatoms. The molecule has 0 aromatic heterocycles. The van der Waals surface area contributed by atoms with E-state index in [9.17, 15) is 0 Å². The molecule has 0 saturated carbocycles. The Morgan fingerprint density at radius 2 is 2.00 bits per heavy atom. The molecule has 0 spiro atoms. The maximum atomic E-state index is 2.21. The summed E-state index contributed by atoms with van der Waals surface area (Å²) in [5, 5.41) is 0. The summed E-state index contributed by atoms with van der Waals surface area (Å²) in [7, 11) is 2.21. The fourth-order valence-electron chi connectivity index (χ4n) is 0.625. The van der Waals surface area contributed by atoms with Crippen molar-refractivity contribution in [1.29, 1.82) is 0 Å². The number of hydrogen-bond acceptors (Lipinski definition) is 0. The van der Waals surface area contributed by atoms with Crippen molar-refractivity contribution in [3.63, 3.8) is 0 Å². The van der Waals surface area contributed by atoms with E-state index in [1.165, 1.54) is 12.8 Å². The van der Waals surface area contributed by atoms with Crippen LogP contribution in [0.3, 0.4) is 0 Å². The molecule has 0 atom stereocenters. The Balaban J connectivity index is 2.66.